The summed E-state index contributed by atoms with van der Waals surface area (Å²) < 4.78 is 12.0. The van der Waals surface area contributed by atoms with E-state index in [4.69, 9.17) is 15.2 Å². The van der Waals surface area contributed by atoms with Crippen molar-refractivity contribution >= 4 is 29.9 Å². The first kappa shape index (κ1) is 19.0. The quantitative estimate of drug-likeness (QED) is 0.421. The maximum absolute atomic E-state index is 5.82. The lowest BCUT2D eigenvalue weighted by Crippen LogP contribution is -2.40. The van der Waals surface area contributed by atoms with Gasteiger partial charge >= 0.3 is 0 Å². The SMILES string of the molecule is COCC(C)NC(N)=NCc1c(C)nn(C)c1OC.I. The first-order chi connectivity index (χ1) is 8.99. The van der Waals surface area contributed by atoms with E-state index in [9.17, 15) is 0 Å². The monoisotopic (exact) mass is 397 g/mol. The summed E-state index contributed by atoms with van der Waals surface area (Å²) in [6, 6.07) is 0.116. The summed E-state index contributed by atoms with van der Waals surface area (Å²) in [4.78, 5) is 4.29. The molecule has 3 N–H and O–H groups in total. The van der Waals surface area contributed by atoms with Gasteiger partial charge in [-0.1, -0.05) is 0 Å². The Balaban J connectivity index is 0.00000361. The first-order valence-electron chi connectivity index (χ1n) is 6.11. The molecule has 0 spiro atoms. The second kappa shape index (κ2) is 9.01. The van der Waals surface area contributed by atoms with Gasteiger partial charge in [0.1, 0.15) is 0 Å². The first-order valence-corrected chi connectivity index (χ1v) is 6.11. The van der Waals surface area contributed by atoms with Crippen LogP contribution in [0.15, 0.2) is 4.99 Å². The van der Waals surface area contributed by atoms with E-state index in [0.29, 0.717) is 25.0 Å². The predicted molar refractivity (Wildman–Crippen MR) is 89.7 cm³/mol. The number of methoxy groups -OCH3 is 2. The van der Waals surface area contributed by atoms with Crippen molar-refractivity contribution in [2.45, 2.75) is 26.4 Å². The molecule has 0 aliphatic heterocycles. The summed E-state index contributed by atoms with van der Waals surface area (Å²) in [6.45, 7) is 4.90. The lowest BCUT2D eigenvalue weighted by molar-refractivity contribution is 0.179. The van der Waals surface area contributed by atoms with Gasteiger partial charge in [-0.3, -0.25) is 0 Å². The van der Waals surface area contributed by atoms with Crippen LogP contribution < -0.4 is 15.8 Å². The molecule has 116 valence electrons. The van der Waals surface area contributed by atoms with Crippen molar-refractivity contribution < 1.29 is 9.47 Å². The van der Waals surface area contributed by atoms with Crippen LogP contribution >= 0.6 is 24.0 Å². The number of aromatic nitrogens is 2. The molecule has 1 unspecified atom stereocenters. The minimum Gasteiger partial charge on any atom is -0.481 e. The van der Waals surface area contributed by atoms with Gasteiger partial charge in [0.15, 0.2) is 5.96 Å². The summed E-state index contributed by atoms with van der Waals surface area (Å²) in [6.07, 6.45) is 0. The molecule has 0 aliphatic rings. The van der Waals surface area contributed by atoms with Crippen molar-refractivity contribution in [2.24, 2.45) is 17.8 Å². The molecule has 1 aromatic rings. The van der Waals surface area contributed by atoms with Crippen molar-refractivity contribution in [3.63, 3.8) is 0 Å². The van der Waals surface area contributed by atoms with E-state index in [1.807, 2.05) is 20.9 Å². The van der Waals surface area contributed by atoms with Gasteiger partial charge in [-0.2, -0.15) is 5.10 Å². The third kappa shape index (κ3) is 5.16. The van der Waals surface area contributed by atoms with E-state index in [1.165, 1.54) is 0 Å². The Morgan fingerprint density at radius 1 is 1.50 bits per heavy atom. The number of hydrogen-bond donors (Lipinski definition) is 2. The van der Waals surface area contributed by atoms with Crippen LogP contribution in [0.2, 0.25) is 0 Å². The van der Waals surface area contributed by atoms with E-state index < -0.39 is 0 Å². The normalized spacial score (nSPS) is 12.8. The van der Waals surface area contributed by atoms with Crippen LogP contribution in [0.5, 0.6) is 5.88 Å². The number of aryl methyl sites for hydroxylation is 2. The molecule has 1 aromatic heterocycles. The molecule has 7 nitrogen and oxygen atoms in total. The number of ether oxygens (including phenoxy) is 2. The Hall–Kier alpha value is -1.03. The smallest absolute Gasteiger partial charge is 0.216 e. The molecular weight excluding hydrogens is 373 g/mol. The van der Waals surface area contributed by atoms with Crippen molar-refractivity contribution in [1.82, 2.24) is 15.1 Å². The molecule has 0 aliphatic carbocycles. The second-order valence-corrected chi connectivity index (χ2v) is 4.40. The molecular formula is C12H24IN5O2. The fourth-order valence-corrected chi connectivity index (χ4v) is 1.87. The average molecular weight is 397 g/mol. The fraction of sp³-hybridized carbons (Fsp3) is 0.667. The number of halogens is 1. The van der Waals surface area contributed by atoms with E-state index in [1.54, 1.807) is 18.9 Å². The van der Waals surface area contributed by atoms with Crippen molar-refractivity contribution in [2.75, 3.05) is 20.8 Å². The molecule has 8 heteroatoms. The summed E-state index contributed by atoms with van der Waals surface area (Å²) in [5, 5.41) is 7.34. The zero-order valence-electron chi connectivity index (χ0n) is 12.6. The van der Waals surface area contributed by atoms with Crippen LogP contribution in [0.1, 0.15) is 18.2 Å². The van der Waals surface area contributed by atoms with Crippen LogP contribution in [0.3, 0.4) is 0 Å². The summed E-state index contributed by atoms with van der Waals surface area (Å²) in [7, 11) is 5.10. The third-order valence-corrected chi connectivity index (χ3v) is 2.70. The second-order valence-electron chi connectivity index (χ2n) is 4.40. The molecule has 0 radical (unpaired) electrons. The fourth-order valence-electron chi connectivity index (χ4n) is 1.87. The molecule has 1 heterocycles. The van der Waals surface area contributed by atoms with Gasteiger partial charge in [-0.05, 0) is 13.8 Å². The number of nitrogens with one attached hydrogen (secondary N) is 1. The van der Waals surface area contributed by atoms with Crippen LogP contribution in [0.4, 0.5) is 0 Å². The Morgan fingerprint density at radius 2 is 2.15 bits per heavy atom. The van der Waals surface area contributed by atoms with Gasteiger partial charge in [-0.25, -0.2) is 9.67 Å². The predicted octanol–water partition coefficient (Wildman–Crippen LogP) is 0.794. The highest BCUT2D eigenvalue weighted by molar-refractivity contribution is 14.0. The number of nitrogens with two attached hydrogens (primary N) is 1. The Morgan fingerprint density at radius 3 is 2.70 bits per heavy atom. The molecule has 0 amide bonds. The topological polar surface area (TPSA) is 86.7 Å². The van der Waals surface area contributed by atoms with Crippen LogP contribution in [-0.4, -0.2) is 42.6 Å². The molecule has 0 bridgehead atoms. The van der Waals surface area contributed by atoms with E-state index in [-0.39, 0.29) is 30.0 Å². The van der Waals surface area contributed by atoms with Gasteiger partial charge in [0.25, 0.3) is 0 Å². The molecule has 1 rings (SSSR count). The van der Waals surface area contributed by atoms with Crippen LogP contribution in [0, 0.1) is 6.92 Å². The zero-order chi connectivity index (χ0) is 14.4. The maximum atomic E-state index is 5.82. The highest BCUT2D eigenvalue weighted by atomic mass is 127. The molecule has 0 saturated carbocycles. The van der Waals surface area contributed by atoms with Crippen molar-refractivity contribution in [3.05, 3.63) is 11.3 Å². The minimum atomic E-state index is 0. The van der Waals surface area contributed by atoms with Gasteiger partial charge in [0, 0.05) is 20.2 Å². The van der Waals surface area contributed by atoms with Crippen LogP contribution in [0.25, 0.3) is 0 Å². The number of aliphatic imine (C=N–C) groups is 1. The minimum absolute atomic E-state index is 0. The Kier molecular flexibility index (Phi) is 8.54. The molecule has 1 atom stereocenters. The summed E-state index contributed by atoms with van der Waals surface area (Å²) in [5.41, 5.74) is 7.65. The average Bonchev–Trinajstić information content (AvgIpc) is 2.60. The molecule has 0 aromatic carbocycles. The standard InChI is InChI=1S/C12H23N5O2.HI/c1-8(7-18-4)15-12(13)14-6-10-9(2)16-17(3)11(10)19-5;/h8H,6-7H2,1-5H3,(H3,13,14,15);1H. The third-order valence-electron chi connectivity index (χ3n) is 2.70. The van der Waals surface area contributed by atoms with Gasteiger partial charge in [0.2, 0.25) is 5.88 Å². The van der Waals surface area contributed by atoms with E-state index >= 15 is 0 Å². The lowest BCUT2D eigenvalue weighted by atomic mass is 10.2. The molecule has 20 heavy (non-hydrogen) atoms. The van der Waals surface area contributed by atoms with E-state index in [2.05, 4.69) is 15.4 Å². The van der Waals surface area contributed by atoms with Gasteiger partial charge < -0.3 is 20.5 Å². The Labute approximate surface area is 136 Å². The number of nitrogens with zero attached hydrogens (tertiary/aromatic N) is 3. The summed E-state index contributed by atoms with van der Waals surface area (Å²) >= 11 is 0. The highest BCUT2D eigenvalue weighted by Crippen LogP contribution is 2.21. The van der Waals surface area contributed by atoms with Crippen molar-refractivity contribution in [3.8, 4) is 5.88 Å². The molecule has 0 saturated heterocycles. The lowest BCUT2D eigenvalue weighted by Gasteiger charge is -2.13. The zero-order valence-corrected chi connectivity index (χ0v) is 15.0. The van der Waals surface area contributed by atoms with E-state index in [0.717, 1.165) is 11.3 Å². The van der Waals surface area contributed by atoms with Crippen molar-refractivity contribution in [1.29, 1.82) is 0 Å². The van der Waals surface area contributed by atoms with Gasteiger partial charge in [0.05, 0.1) is 31.5 Å². The number of guanidine groups is 1. The van der Waals surface area contributed by atoms with Gasteiger partial charge in [-0.15, -0.1) is 24.0 Å². The Bertz CT molecular complexity index is 447. The largest absolute Gasteiger partial charge is 0.481 e. The summed E-state index contributed by atoms with van der Waals surface area (Å²) in [5.74, 6) is 1.09. The number of hydrogen-bond acceptors (Lipinski definition) is 4. The highest BCUT2D eigenvalue weighted by Gasteiger charge is 2.13. The van der Waals surface area contributed by atoms with Crippen LogP contribution in [-0.2, 0) is 18.3 Å². The maximum Gasteiger partial charge on any atom is 0.216 e. The number of rotatable bonds is 6. The molecule has 0 fully saturated rings.